The second kappa shape index (κ2) is 7.47. The smallest absolute Gasteiger partial charge is 0.147 e. The number of rotatable bonds is 6. The van der Waals surface area contributed by atoms with Gasteiger partial charge in [-0.1, -0.05) is 0 Å². The summed E-state index contributed by atoms with van der Waals surface area (Å²) in [6, 6.07) is 8.50. The first-order valence-electron chi connectivity index (χ1n) is 8.73. The van der Waals surface area contributed by atoms with E-state index in [0.29, 0.717) is 30.2 Å². The third kappa shape index (κ3) is 3.38. The highest BCUT2D eigenvalue weighted by Gasteiger charge is 2.14. The molecule has 3 aromatic heterocycles. The molecule has 0 atom stereocenters. The van der Waals surface area contributed by atoms with Crippen LogP contribution in [0, 0.1) is 12.7 Å². The SMILES string of the molecule is COc1ccc(F)c2c1cc(C)n2CCNc1cc(-c2cc(O)cs2)ncn1. The van der Waals surface area contributed by atoms with Crippen LogP contribution in [0.5, 0.6) is 11.5 Å². The van der Waals surface area contributed by atoms with Gasteiger partial charge in [-0.15, -0.1) is 11.3 Å². The van der Waals surface area contributed by atoms with E-state index in [-0.39, 0.29) is 11.6 Å². The quantitative estimate of drug-likeness (QED) is 0.503. The van der Waals surface area contributed by atoms with Crippen molar-refractivity contribution < 1.29 is 14.2 Å². The van der Waals surface area contributed by atoms with Gasteiger partial charge in [0, 0.05) is 41.7 Å². The van der Waals surface area contributed by atoms with Crippen LogP contribution in [0.4, 0.5) is 10.2 Å². The maximum absolute atomic E-state index is 14.4. The molecular formula is C20H19FN4O2S. The van der Waals surface area contributed by atoms with Gasteiger partial charge in [-0.2, -0.15) is 0 Å². The van der Waals surface area contributed by atoms with Gasteiger partial charge in [0.05, 0.1) is 23.2 Å². The van der Waals surface area contributed by atoms with Crippen molar-refractivity contribution in [2.45, 2.75) is 13.5 Å². The van der Waals surface area contributed by atoms with Gasteiger partial charge in [0.2, 0.25) is 0 Å². The Hall–Kier alpha value is -3.13. The molecule has 0 amide bonds. The monoisotopic (exact) mass is 398 g/mol. The number of ether oxygens (including phenoxy) is 1. The predicted octanol–water partition coefficient (Wildman–Crippen LogP) is 4.43. The number of methoxy groups -OCH3 is 1. The summed E-state index contributed by atoms with van der Waals surface area (Å²) in [5, 5.41) is 15.2. The number of aromatic nitrogens is 3. The molecule has 6 nitrogen and oxygen atoms in total. The van der Waals surface area contributed by atoms with Gasteiger partial charge >= 0.3 is 0 Å². The molecule has 4 aromatic rings. The van der Waals surface area contributed by atoms with Crippen LogP contribution in [0.2, 0.25) is 0 Å². The second-order valence-electron chi connectivity index (χ2n) is 6.33. The van der Waals surface area contributed by atoms with Crippen LogP contribution in [0.1, 0.15) is 5.69 Å². The lowest BCUT2D eigenvalue weighted by Gasteiger charge is -2.11. The number of benzene rings is 1. The molecule has 0 radical (unpaired) electrons. The minimum absolute atomic E-state index is 0.223. The average Bonchev–Trinajstić information content (AvgIpc) is 3.27. The van der Waals surface area contributed by atoms with Crippen molar-refractivity contribution in [3.8, 4) is 22.1 Å². The van der Waals surface area contributed by atoms with Gasteiger partial charge < -0.3 is 19.7 Å². The molecule has 144 valence electrons. The summed E-state index contributed by atoms with van der Waals surface area (Å²) in [7, 11) is 1.58. The maximum atomic E-state index is 14.4. The fourth-order valence-electron chi connectivity index (χ4n) is 3.25. The Bertz CT molecular complexity index is 1140. The number of nitrogens with one attached hydrogen (secondary N) is 1. The molecule has 0 fully saturated rings. The molecule has 1 aromatic carbocycles. The van der Waals surface area contributed by atoms with Gasteiger partial charge in [0.1, 0.15) is 29.5 Å². The summed E-state index contributed by atoms with van der Waals surface area (Å²) in [5.41, 5.74) is 2.23. The Morgan fingerprint density at radius 1 is 1.25 bits per heavy atom. The number of halogens is 1. The van der Waals surface area contributed by atoms with Crippen molar-refractivity contribution in [2.75, 3.05) is 19.0 Å². The summed E-state index contributed by atoms with van der Waals surface area (Å²) in [6.45, 7) is 3.08. The fraction of sp³-hybridized carbons (Fsp3) is 0.200. The van der Waals surface area contributed by atoms with Gasteiger partial charge in [-0.3, -0.25) is 0 Å². The van der Waals surface area contributed by atoms with Crippen molar-refractivity contribution in [3.05, 3.63) is 53.6 Å². The number of hydrogen-bond acceptors (Lipinski definition) is 6. The normalized spacial score (nSPS) is 11.1. The van der Waals surface area contributed by atoms with Crippen molar-refractivity contribution in [2.24, 2.45) is 0 Å². The molecule has 4 rings (SSSR count). The van der Waals surface area contributed by atoms with Crippen LogP contribution in [-0.2, 0) is 6.54 Å². The molecule has 0 spiro atoms. The first kappa shape index (κ1) is 18.2. The number of nitrogens with zero attached hydrogens (tertiary/aromatic N) is 3. The molecule has 3 heterocycles. The first-order valence-corrected chi connectivity index (χ1v) is 9.61. The molecule has 28 heavy (non-hydrogen) atoms. The van der Waals surface area contributed by atoms with Crippen LogP contribution in [0.25, 0.3) is 21.5 Å². The molecule has 0 saturated heterocycles. The van der Waals surface area contributed by atoms with Gasteiger partial charge in [-0.25, -0.2) is 14.4 Å². The van der Waals surface area contributed by atoms with E-state index in [4.69, 9.17) is 4.74 Å². The molecule has 2 N–H and O–H groups in total. The third-order valence-electron chi connectivity index (χ3n) is 4.54. The molecule has 0 bridgehead atoms. The molecule has 0 unspecified atom stereocenters. The lowest BCUT2D eigenvalue weighted by atomic mass is 10.2. The van der Waals surface area contributed by atoms with Crippen molar-refractivity contribution in [1.82, 2.24) is 14.5 Å². The maximum Gasteiger partial charge on any atom is 0.147 e. The number of aryl methyl sites for hydroxylation is 1. The Morgan fingerprint density at radius 2 is 2.11 bits per heavy atom. The molecular weight excluding hydrogens is 379 g/mol. The Morgan fingerprint density at radius 3 is 2.86 bits per heavy atom. The number of anilines is 1. The van der Waals surface area contributed by atoms with E-state index in [1.54, 1.807) is 24.6 Å². The fourth-order valence-corrected chi connectivity index (χ4v) is 3.99. The number of thiophene rings is 1. The zero-order valence-electron chi connectivity index (χ0n) is 15.4. The van der Waals surface area contributed by atoms with E-state index < -0.39 is 0 Å². The number of fused-ring (bicyclic) bond motifs is 1. The second-order valence-corrected chi connectivity index (χ2v) is 7.24. The Kier molecular flexibility index (Phi) is 4.87. The lowest BCUT2D eigenvalue weighted by molar-refractivity contribution is 0.419. The van der Waals surface area contributed by atoms with Crippen molar-refractivity contribution in [1.29, 1.82) is 0 Å². The summed E-state index contributed by atoms with van der Waals surface area (Å²) in [6.07, 6.45) is 1.48. The number of hydrogen-bond donors (Lipinski definition) is 2. The van der Waals surface area contributed by atoms with E-state index in [1.165, 1.54) is 23.7 Å². The van der Waals surface area contributed by atoms with Gasteiger partial charge in [0.25, 0.3) is 0 Å². The standard InChI is InChI=1S/C20H19FN4O2S/c1-12-7-14-17(27-2)4-3-15(21)20(14)25(12)6-5-22-19-9-16(23-11-24-19)18-8-13(26)10-28-18/h3-4,7-11,26H,5-6H2,1-2H3,(H,22,23,24). The molecule has 0 aliphatic heterocycles. The number of aromatic hydroxyl groups is 1. The molecule has 0 saturated carbocycles. The van der Waals surface area contributed by atoms with Crippen LogP contribution < -0.4 is 10.1 Å². The Labute approximate surface area is 165 Å². The van der Waals surface area contributed by atoms with E-state index in [1.807, 2.05) is 23.6 Å². The highest BCUT2D eigenvalue weighted by molar-refractivity contribution is 7.13. The zero-order chi connectivity index (χ0) is 19.7. The summed E-state index contributed by atoms with van der Waals surface area (Å²) >= 11 is 1.42. The molecule has 8 heteroatoms. The Balaban J connectivity index is 1.53. The topological polar surface area (TPSA) is 72.2 Å². The highest BCUT2D eigenvalue weighted by Crippen LogP contribution is 2.31. The minimum atomic E-state index is -0.272. The van der Waals surface area contributed by atoms with Crippen LogP contribution in [-0.4, -0.2) is 33.3 Å². The van der Waals surface area contributed by atoms with Crippen molar-refractivity contribution in [3.63, 3.8) is 0 Å². The zero-order valence-corrected chi connectivity index (χ0v) is 16.3. The van der Waals surface area contributed by atoms with Gasteiger partial charge in [0.15, 0.2) is 0 Å². The average molecular weight is 398 g/mol. The van der Waals surface area contributed by atoms with Crippen LogP contribution in [0.15, 0.2) is 42.0 Å². The van der Waals surface area contributed by atoms with Crippen LogP contribution in [0.3, 0.4) is 0 Å². The summed E-state index contributed by atoms with van der Waals surface area (Å²) in [4.78, 5) is 9.35. The predicted molar refractivity (Wildman–Crippen MR) is 109 cm³/mol. The molecule has 0 aliphatic rings. The highest BCUT2D eigenvalue weighted by atomic mass is 32.1. The van der Waals surface area contributed by atoms with Gasteiger partial charge in [-0.05, 0) is 25.1 Å². The lowest BCUT2D eigenvalue weighted by Crippen LogP contribution is -2.12. The van der Waals surface area contributed by atoms with Crippen molar-refractivity contribution >= 4 is 28.1 Å². The largest absolute Gasteiger partial charge is 0.507 e. The van der Waals surface area contributed by atoms with E-state index in [9.17, 15) is 9.50 Å². The molecule has 0 aliphatic carbocycles. The van der Waals surface area contributed by atoms with E-state index in [2.05, 4.69) is 15.3 Å². The minimum Gasteiger partial charge on any atom is -0.507 e. The third-order valence-corrected chi connectivity index (χ3v) is 5.48. The van der Waals surface area contributed by atoms with E-state index >= 15 is 0 Å². The van der Waals surface area contributed by atoms with Crippen LogP contribution >= 0.6 is 11.3 Å². The summed E-state index contributed by atoms with van der Waals surface area (Å²) in [5.74, 6) is 1.28. The van der Waals surface area contributed by atoms with E-state index in [0.717, 1.165) is 21.7 Å². The first-order chi connectivity index (χ1) is 13.6. The summed E-state index contributed by atoms with van der Waals surface area (Å²) < 4.78 is 21.7.